The van der Waals surface area contributed by atoms with E-state index in [-0.39, 0.29) is 18.5 Å². The summed E-state index contributed by atoms with van der Waals surface area (Å²) < 4.78 is 5.49. The molecule has 0 aliphatic rings. The molecule has 1 amide bonds. The van der Waals surface area contributed by atoms with Crippen molar-refractivity contribution in [3.63, 3.8) is 0 Å². The van der Waals surface area contributed by atoms with Crippen molar-refractivity contribution in [3.05, 3.63) is 60.8 Å². The van der Waals surface area contributed by atoms with Crippen molar-refractivity contribution in [2.75, 3.05) is 13.2 Å². The van der Waals surface area contributed by atoms with Crippen LogP contribution in [0.2, 0.25) is 0 Å². The predicted octanol–water partition coefficient (Wildman–Crippen LogP) is 23.4. The second-order valence-electron chi connectivity index (χ2n) is 24.6. The second kappa shape index (κ2) is 70.0. The van der Waals surface area contributed by atoms with E-state index in [0.717, 1.165) is 57.8 Å². The quantitative estimate of drug-likeness (QED) is 0.0320. The number of aliphatic hydroxyl groups is 2. The first-order valence-electron chi connectivity index (χ1n) is 36.1. The van der Waals surface area contributed by atoms with Gasteiger partial charge in [0.2, 0.25) is 5.91 Å². The molecule has 6 nitrogen and oxygen atoms in total. The Morgan fingerprint density at radius 1 is 0.346 bits per heavy atom. The Balaban J connectivity index is 3.37. The Morgan fingerprint density at radius 2 is 0.617 bits per heavy atom. The van der Waals surface area contributed by atoms with Gasteiger partial charge in [0, 0.05) is 12.8 Å². The van der Waals surface area contributed by atoms with Crippen LogP contribution >= 0.6 is 0 Å². The van der Waals surface area contributed by atoms with E-state index in [1.165, 1.54) is 295 Å². The molecule has 0 radical (unpaired) electrons. The second-order valence-corrected chi connectivity index (χ2v) is 24.6. The third-order valence-corrected chi connectivity index (χ3v) is 16.5. The molecular weight excluding hydrogens is 995 g/mol. The first-order valence-corrected chi connectivity index (χ1v) is 36.1. The van der Waals surface area contributed by atoms with E-state index in [4.69, 9.17) is 4.74 Å². The molecule has 0 spiro atoms. The fourth-order valence-corrected chi connectivity index (χ4v) is 11.0. The average Bonchev–Trinajstić information content (AvgIpc) is 3.47. The Bertz CT molecular complexity index is 1400. The molecule has 3 N–H and O–H groups in total. The van der Waals surface area contributed by atoms with Gasteiger partial charge in [0.1, 0.15) is 0 Å². The number of unbranched alkanes of at least 4 members (excludes halogenated alkanes) is 48. The summed E-state index contributed by atoms with van der Waals surface area (Å²) in [5.74, 6) is -0.0608. The summed E-state index contributed by atoms with van der Waals surface area (Å²) in [7, 11) is 0. The van der Waals surface area contributed by atoms with Crippen LogP contribution in [0, 0.1) is 0 Å². The van der Waals surface area contributed by atoms with E-state index in [1.807, 2.05) is 6.08 Å². The molecule has 6 heteroatoms. The van der Waals surface area contributed by atoms with Crippen LogP contribution in [0.25, 0.3) is 0 Å². The van der Waals surface area contributed by atoms with Gasteiger partial charge in [-0.25, -0.2) is 0 Å². The Labute approximate surface area is 505 Å². The van der Waals surface area contributed by atoms with Crippen LogP contribution in [-0.4, -0.2) is 47.4 Å². The SMILES string of the molecule is CCCCC/C=C\C/C=C\CCCCCCCC(=O)OCCCCCCCCCCCCCCC/C=C\C/C=C\CCCCCCCCCCCCCCCCCCCC(=O)NC(CO)C(O)/C=C/CCCCCCCCCCCC. The number of ether oxygens (including phenoxy) is 1. The van der Waals surface area contributed by atoms with Crippen molar-refractivity contribution < 1.29 is 24.5 Å². The number of aliphatic hydroxyl groups excluding tert-OH is 2. The van der Waals surface area contributed by atoms with Gasteiger partial charge in [-0.1, -0.05) is 331 Å². The summed E-state index contributed by atoms with van der Waals surface area (Å²) in [6, 6.07) is -0.625. The minimum Gasteiger partial charge on any atom is -0.466 e. The van der Waals surface area contributed by atoms with Gasteiger partial charge in [0.25, 0.3) is 0 Å². The van der Waals surface area contributed by atoms with Crippen molar-refractivity contribution in [1.29, 1.82) is 0 Å². The van der Waals surface area contributed by atoms with Crippen LogP contribution in [0.1, 0.15) is 380 Å². The van der Waals surface area contributed by atoms with Crippen LogP contribution in [0.3, 0.4) is 0 Å². The van der Waals surface area contributed by atoms with Crippen LogP contribution in [0.5, 0.6) is 0 Å². The summed E-state index contributed by atoms with van der Waals surface area (Å²) in [6.45, 7) is 4.88. The summed E-state index contributed by atoms with van der Waals surface area (Å²) in [5.41, 5.74) is 0. The zero-order valence-corrected chi connectivity index (χ0v) is 54.3. The number of nitrogens with one attached hydrogen (secondary N) is 1. The average molecular weight is 1130 g/mol. The largest absolute Gasteiger partial charge is 0.466 e. The van der Waals surface area contributed by atoms with Crippen LogP contribution < -0.4 is 5.32 Å². The highest BCUT2D eigenvalue weighted by atomic mass is 16.5. The molecule has 0 aliphatic carbocycles. The van der Waals surface area contributed by atoms with E-state index in [9.17, 15) is 19.8 Å². The summed E-state index contributed by atoms with van der Waals surface area (Å²) in [4.78, 5) is 24.5. The van der Waals surface area contributed by atoms with Gasteiger partial charge in [-0.05, 0) is 96.3 Å². The maximum absolute atomic E-state index is 12.5. The highest BCUT2D eigenvalue weighted by Crippen LogP contribution is 2.18. The third kappa shape index (κ3) is 66.6. The normalized spacial score (nSPS) is 12.9. The lowest BCUT2D eigenvalue weighted by Crippen LogP contribution is -2.45. The molecule has 0 heterocycles. The molecule has 0 aromatic heterocycles. The topological polar surface area (TPSA) is 95.9 Å². The molecule has 0 rings (SSSR count). The van der Waals surface area contributed by atoms with Crippen molar-refractivity contribution in [3.8, 4) is 0 Å². The zero-order chi connectivity index (χ0) is 58.5. The molecular formula is C75H139NO5. The van der Waals surface area contributed by atoms with Crippen LogP contribution in [-0.2, 0) is 14.3 Å². The third-order valence-electron chi connectivity index (χ3n) is 16.5. The monoisotopic (exact) mass is 1130 g/mol. The lowest BCUT2D eigenvalue weighted by Gasteiger charge is -2.20. The number of allylic oxidation sites excluding steroid dienone is 9. The van der Waals surface area contributed by atoms with Gasteiger partial charge < -0.3 is 20.3 Å². The van der Waals surface area contributed by atoms with E-state index in [2.05, 4.69) is 67.8 Å². The molecule has 0 fully saturated rings. The summed E-state index contributed by atoms with van der Waals surface area (Å²) >= 11 is 0. The molecule has 0 saturated heterocycles. The van der Waals surface area contributed by atoms with E-state index >= 15 is 0 Å². The van der Waals surface area contributed by atoms with E-state index in [0.29, 0.717) is 19.4 Å². The smallest absolute Gasteiger partial charge is 0.305 e. The molecule has 0 bridgehead atoms. The van der Waals surface area contributed by atoms with Gasteiger partial charge in [-0.3, -0.25) is 9.59 Å². The fraction of sp³-hybridized carbons (Fsp3) is 0.840. The molecule has 0 aromatic rings. The minimum absolute atomic E-state index is 0.00429. The lowest BCUT2D eigenvalue weighted by atomic mass is 10.0. The van der Waals surface area contributed by atoms with E-state index in [1.54, 1.807) is 6.08 Å². The van der Waals surface area contributed by atoms with Crippen LogP contribution in [0.15, 0.2) is 60.8 Å². The number of carbonyl (C=O) groups is 2. The maximum Gasteiger partial charge on any atom is 0.305 e. The number of hydrogen-bond donors (Lipinski definition) is 3. The van der Waals surface area contributed by atoms with E-state index < -0.39 is 12.1 Å². The Hall–Kier alpha value is -2.44. The Kier molecular flexibility index (Phi) is 67.9. The number of rotatable bonds is 67. The minimum atomic E-state index is -0.842. The molecule has 2 unspecified atom stereocenters. The molecule has 0 aromatic carbocycles. The highest BCUT2D eigenvalue weighted by Gasteiger charge is 2.18. The highest BCUT2D eigenvalue weighted by molar-refractivity contribution is 5.76. The van der Waals surface area contributed by atoms with Crippen molar-refractivity contribution in [2.45, 2.75) is 392 Å². The van der Waals surface area contributed by atoms with Gasteiger partial charge in [-0.2, -0.15) is 0 Å². The number of hydrogen-bond acceptors (Lipinski definition) is 5. The fourth-order valence-electron chi connectivity index (χ4n) is 11.0. The summed E-state index contributed by atoms with van der Waals surface area (Å²) in [5, 5.41) is 23.1. The Morgan fingerprint density at radius 3 is 0.963 bits per heavy atom. The molecule has 474 valence electrons. The lowest BCUT2D eigenvalue weighted by molar-refractivity contribution is -0.143. The van der Waals surface area contributed by atoms with Crippen molar-refractivity contribution >= 4 is 11.9 Å². The predicted molar refractivity (Wildman–Crippen MR) is 356 cm³/mol. The molecule has 0 saturated carbocycles. The molecule has 0 aliphatic heterocycles. The van der Waals surface area contributed by atoms with Crippen molar-refractivity contribution in [2.24, 2.45) is 0 Å². The number of amides is 1. The van der Waals surface area contributed by atoms with Crippen LogP contribution in [0.4, 0.5) is 0 Å². The maximum atomic E-state index is 12.5. The zero-order valence-electron chi connectivity index (χ0n) is 54.3. The van der Waals surface area contributed by atoms with Gasteiger partial charge >= 0.3 is 5.97 Å². The summed E-state index contributed by atoms with van der Waals surface area (Å²) in [6.07, 6.45) is 93.2. The number of esters is 1. The standard InChI is InChI=1S/C75H139NO5/c1-3-5-7-9-11-13-15-17-41-45-49-53-57-61-65-69-75(80)81-70-66-62-58-54-50-46-43-40-38-36-34-32-30-28-26-24-22-20-18-19-21-23-25-27-29-31-33-35-37-39-42-44-48-52-56-60-64-68-74(79)76-72(71-77)73(78)67-63-59-55-51-47-16-14-12-10-8-6-4-2/h11,13,17-18,20,24,26,41,63,67,72-73,77-78H,3-10,12,14-16,19,21-23,25,27-40,42-62,64-66,68-71H2,1-2H3,(H,76,79)/b13-11-,20-18-,26-24-,41-17-,67-63+. The van der Waals surface area contributed by atoms with Gasteiger partial charge in [0.15, 0.2) is 0 Å². The first kappa shape index (κ1) is 78.6. The molecule has 2 atom stereocenters. The van der Waals surface area contributed by atoms with Gasteiger partial charge in [-0.15, -0.1) is 0 Å². The van der Waals surface area contributed by atoms with Crippen molar-refractivity contribution in [1.82, 2.24) is 5.32 Å². The molecule has 81 heavy (non-hydrogen) atoms. The first-order chi connectivity index (χ1) is 40.0. The van der Waals surface area contributed by atoms with Gasteiger partial charge in [0.05, 0.1) is 25.4 Å². The number of carbonyl (C=O) groups excluding carboxylic acids is 2.